The Morgan fingerprint density at radius 1 is 1.05 bits per heavy atom. The van der Waals surface area contributed by atoms with Crippen molar-refractivity contribution in [1.82, 2.24) is 19.5 Å². The summed E-state index contributed by atoms with van der Waals surface area (Å²) in [7, 11) is 1.81. The maximum Gasteiger partial charge on any atom is 0.416 e. The number of hydrogen-bond donors (Lipinski definition) is 1. The van der Waals surface area contributed by atoms with Gasteiger partial charge >= 0.3 is 6.09 Å². The number of aryl methyl sites for hydroxylation is 2. The highest BCUT2D eigenvalue weighted by Crippen LogP contribution is 2.48. The van der Waals surface area contributed by atoms with Crippen molar-refractivity contribution in [2.24, 2.45) is 7.05 Å². The van der Waals surface area contributed by atoms with Gasteiger partial charge in [-0.1, -0.05) is 12.1 Å². The number of amides is 1. The highest BCUT2D eigenvalue weighted by Gasteiger charge is 2.34. The summed E-state index contributed by atoms with van der Waals surface area (Å²) < 4.78 is 29.1. The number of benzene rings is 2. The Morgan fingerprint density at radius 3 is 2.56 bits per heavy atom. The molecule has 0 fully saturated rings. The quantitative estimate of drug-likeness (QED) is 0.246. The van der Waals surface area contributed by atoms with Gasteiger partial charge in [-0.05, 0) is 75.2 Å². The molecular formula is C31H29FN6O3. The van der Waals surface area contributed by atoms with Crippen LogP contribution in [0.2, 0.25) is 0 Å². The predicted octanol–water partition coefficient (Wildman–Crippen LogP) is 6.77. The van der Waals surface area contributed by atoms with Crippen LogP contribution >= 0.6 is 0 Å². The molecule has 0 bridgehead atoms. The topological polar surface area (TPSA) is 108 Å². The van der Waals surface area contributed by atoms with Crippen molar-refractivity contribution in [3.8, 4) is 34.0 Å². The number of halogens is 1. The maximum absolute atomic E-state index is 15.4. The number of carbonyl (C=O) groups excluding carboxylic acids is 1. The number of nitrogens with two attached hydrogens (primary N) is 1. The van der Waals surface area contributed by atoms with E-state index in [1.807, 2.05) is 69.6 Å². The van der Waals surface area contributed by atoms with E-state index in [-0.39, 0.29) is 6.54 Å². The van der Waals surface area contributed by atoms with Crippen LogP contribution in [0.5, 0.6) is 11.6 Å². The Bertz CT molecular complexity index is 1840. The van der Waals surface area contributed by atoms with Crippen LogP contribution in [0, 0.1) is 12.7 Å². The van der Waals surface area contributed by atoms with Gasteiger partial charge < -0.3 is 19.8 Å². The van der Waals surface area contributed by atoms with E-state index >= 15 is 4.39 Å². The SMILES string of the molecule is Cc1cccc(Oc2ccc3c(c2)CN(C(=O)OC(C)(C)C)c2ncnc4c2c-3c(-c2ccc(N)cc2F)n4C)n1. The first-order chi connectivity index (χ1) is 19.5. The van der Waals surface area contributed by atoms with E-state index in [2.05, 4.69) is 15.0 Å². The van der Waals surface area contributed by atoms with Crippen molar-refractivity contribution < 1.29 is 18.7 Å². The highest BCUT2D eigenvalue weighted by atomic mass is 19.1. The van der Waals surface area contributed by atoms with Crippen LogP contribution in [0.4, 0.5) is 20.7 Å². The van der Waals surface area contributed by atoms with Gasteiger partial charge in [-0.3, -0.25) is 4.90 Å². The number of nitrogens with zero attached hydrogens (tertiary/aromatic N) is 5. The molecule has 3 aromatic heterocycles. The molecule has 0 spiro atoms. The highest BCUT2D eigenvalue weighted by molar-refractivity contribution is 6.12. The number of ether oxygens (including phenoxy) is 2. The lowest BCUT2D eigenvalue weighted by molar-refractivity contribution is 0.0577. The number of carbonyl (C=O) groups is 1. The average Bonchev–Trinajstić information content (AvgIpc) is 3.09. The van der Waals surface area contributed by atoms with Gasteiger partial charge in [0.25, 0.3) is 0 Å². The number of aromatic nitrogens is 4. The second-order valence-corrected chi connectivity index (χ2v) is 11.0. The molecule has 0 radical (unpaired) electrons. The standard InChI is InChI=1S/C31H29FN6O3/c1-17-7-6-8-24(36-17)40-20-10-12-21-18(13-20)15-38(30(39)41-31(2,3)4)29-26-25(21)27(37(5)28(26)34-16-35-29)22-11-9-19(33)14-23(22)32/h6-14,16H,15,33H2,1-5H3. The van der Waals surface area contributed by atoms with Gasteiger partial charge in [0.05, 0.1) is 17.6 Å². The number of pyridine rings is 1. The zero-order valence-corrected chi connectivity index (χ0v) is 23.4. The minimum Gasteiger partial charge on any atom is -0.443 e. The molecule has 41 heavy (non-hydrogen) atoms. The van der Waals surface area contributed by atoms with Crippen molar-refractivity contribution in [2.75, 3.05) is 10.6 Å². The Kier molecular flexibility index (Phi) is 6.13. The number of anilines is 2. The van der Waals surface area contributed by atoms with E-state index in [1.54, 1.807) is 18.2 Å². The lowest BCUT2D eigenvalue weighted by atomic mass is 9.95. The second kappa shape index (κ2) is 9.58. The minimum absolute atomic E-state index is 0.136. The first-order valence-electron chi connectivity index (χ1n) is 13.1. The number of rotatable bonds is 3. The molecule has 1 aliphatic rings. The normalized spacial score (nSPS) is 12.7. The van der Waals surface area contributed by atoms with Gasteiger partial charge in [-0.25, -0.2) is 24.1 Å². The van der Waals surface area contributed by atoms with Crippen LogP contribution in [0.15, 0.2) is 60.9 Å². The van der Waals surface area contributed by atoms with E-state index in [1.165, 1.54) is 17.3 Å². The lowest BCUT2D eigenvalue weighted by Gasteiger charge is -2.26. The fourth-order valence-electron chi connectivity index (χ4n) is 5.16. The molecule has 0 saturated carbocycles. The summed E-state index contributed by atoms with van der Waals surface area (Å²) in [5, 5.41) is 0.611. The van der Waals surface area contributed by atoms with Gasteiger partial charge in [0, 0.05) is 35.6 Å². The number of nitrogen functional groups attached to an aromatic ring is 1. The largest absolute Gasteiger partial charge is 0.443 e. The summed E-state index contributed by atoms with van der Waals surface area (Å²) in [4.78, 5) is 28.6. The van der Waals surface area contributed by atoms with Gasteiger partial charge in [0.1, 0.15) is 29.1 Å². The molecular weight excluding hydrogens is 523 g/mol. The van der Waals surface area contributed by atoms with E-state index in [0.29, 0.717) is 51.0 Å². The molecule has 4 heterocycles. The van der Waals surface area contributed by atoms with Gasteiger partial charge in [-0.2, -0.15) is 0 Å². The van der Waals surface area contributed by atoms with E-state index in [0.717, 1.165) is 16.8 Å². The molecule has 0 unspecified atom stereocenters. The molecule has 1 aliphatic heterocycles. The fourth-order valence-corrected chi connectivity index (χ4v) is 5.16. The zero-order chi connectivity index (χ0) is 29.1. The summed E-state index contributed by atoms with van der Waals surface area (Å²) >= 11 is 0. The molecule has 5 aromatic rings. The van der Waals surface area contributed by atoms with Crippen molar-refractivity contribution >= 4 is 28.6 Å². The van der Waals surface area contributed by atoms with Gasteiger partial charge in [0.15, 0.2) is 5.82 Å². The molecule has 1 amide bonds. The first kappa shape index (κ1) is 26.2. The fraction of sp³-hybridized carbons (Fsp3) is 0.226. The third-order valence-electron chi connectivity index (χ3n) is 6.82. The Labute approximate surface area is 236 Å². The number of fused-ring (bicyclic) bond motifs is 2. The molecule has 0 atom stereocenters. The van der Waals surface area contributed by atoms with Crippen LogP contribution in [0.3, 0.4) is 0 Å². The van der Waals surface area contributed by atoms with Crippen LogP contribution in [-0.2, 0) is 18.3 Å². The molecule has 2 aromatic carbocycles. The van der Waals surface area contributed by atoms with E-state index < -0.39 is 17.5 Å². The smallest absolute Gasteiger partial charge is 0.416 e. The molecule has 208 valence electrons. The van der Waals surface area contributed by atoms with E-state index in [4.69, 9.17) is 15.2 Å². The summed E-state index contributed by atoms with van der Waals surface area (Å²) in [6.45, 7) is 7.45. The Hall–Kier alpha value is -4.99. The maximum atomic E-state index is 15.4. The zero-order valence-electron chi connectivity index (χ0n) is 23.4. The number of hydrogen-bond acceptors (Lipinski definition) is 7. The lowest BCUT2D eigenvalue weighted by Crippen LogP contribution is -2.37. The molecule has 2 N–H and O–H groups in total. The minimum atomic E-state index is -0.738. The summed E-state index contributed by atoms with van der Waals surface area (Å²) in [5.41, 5.74) is 9.99. The molecule has 6 rings (SSSR count). The van der Waals surface area contributed by atoms with Crippen molar-refractivity contribution in [3.05, 3.63) is 78.0 Å². The molecule has 10 heteroatoms. The van der Waals surface area contributed by atoms with Crippen LogP contribution in [0.25, 0.3) is 33.4 Å². The van der Waals surface area contributed by atoms with Gasteiger partial charge in [-0.15, -0.1) is 0 Å². The van der Waals surface area contributed by atoms with Crippen molar-refractivity contribution in [1.29, 1.82) is 0 Å². The van der Waals surface area contributed by atoms with Crippen molar-refractivity contribution in [2.45, 2.75) is 39.8 Å². The Morgan fingerprint density at radius 2 is 1.83 bits per heavy atom. The Balaban J connectivity index is 1.62. The van der Waals surface area contributed by atoms with Gasteiger partial charge in [0.2, 0.25) is 5.88 Å². The average molecular weight is 553 g/mol. The van der Waals surface area contributed by atoms with Crippen LogP contribution < -0.4 is 15.4 Å². The molecule has 0 aliphatic carbocycles. The summed E-state index contributed by atoms with van der Waals surface area (Å²) in [6, 6.07) is 15.7. The first-order valence-corrected chi connectivity index (χ1v) is 13.1. The van der Waals surface area contributed by atoms with Crippen LogP contribution in [0.1, 0.15) is 32.0 Å². The van der Waals surface area contributed by atoms with E-state index in [9.17, 15) is 4.79 Å². The predicted molar refractivity (Wildman–Crippen MR) is 155 cm³/mol. The second-order valence-electron chi connectivity index (χ2n) is 11.0. The van der Waals surface area contributed by atoms with Crippen molar-refractivity contribution in [3.63, 3.8) is 0 Å². The summed E-state index contributed by atoms with van der Waals surface area (Å²) in [6.07, 6.45) is 0.836. The van der Waals surface area contributed by atoms with Crippen LogP contribution in [-0.4, -0.2) is 31.2 Å². The molecule has 0 saturated heterocycles. The summed E-state index contributed by atoms with van der Waals surface area (Å²) in [5.74, 6) is 0.886. The third kappa shape index (κ3) is 4.71. The monoisotopic (exact) mass is 552 g/mol. The third-order valence-corrected chi connectivity index (χ3v) is 6.82. The molecule has 9 nitrogen and oxygen atoms in total.